The fraction of sp³-hybridized carbons (Fsp3) is 0.643. The molecule has 1 aromatic rings. The number of ether oxygens (including phenoxy) is 2. The van der Waals surface area contributed by atoms with E-state index in [4.69, 9.17) is 9.47 Å². The molecule has 0 unspecified atom stereocenters. The van der Waals surface area contributed by atoms with Crippen molar-refractivity contribution in [3.8, 4) is 5.75 Å². The van der Waals surface area contributed by atoms with Crippen LogP contribution < -0.4 is 10.1 Å². The van der Waals surface area contributed by atoms with Crippen molar-refractivity contribution in [2.24, 2.45) is 0 Å². The van der Waals surface area contributed by atoms with Gasteiger partial charge in [0.05, 0.1) is 12.3 Å². The van der Waals surface area contributed by atoms with E-state index in [1.54, 1.807) is 0 Å². The summed E-state index contributed by atoms with van der Waals surface area (Å²) in [5.41, 5.74) is 2.07. The third-order valence-corrected chi connectivity index (χ3v) is 2.57. The summed E-state index contributed by atoms with van der Waals surface area (Å²) in [6.45, 7) is 9.96. The zero-order chi connectivity index (χ0) is 13.2. The van der Waals surface area contributed by atoms with Gasteiger partial charge in [-0.15, -0.1) is 0 Å². The first kappa shape index (κ1) is 14.9. The topological polar surface area (TPSA) is 43.4 Å². The van der Waals surface area contributed by atoms with E-state index in [9.17, 15) is 0 Å². The lowest BCUT2D eigenvalue weighted by atomic mass is 10.2. The minimum absolute atomic E-state index is 0.657. The maximum atomic E-state index is 5.72. The van der Waals surface area contributed by atoms with Gasteiger partial charge in [0.1, 0.15) is 12.4 Å². The summed E-state index contributed by atoms with van der Waals surface area (Å²) >= 11 is 0. The van der Waals surface area contributed by atoms with Crippen LogP contribution in [0.4, 0.5) is 0 Å². The number of hydrogen-bond acceptors (Lipinski definition) is 4. The molecule has 0 aliphatic carbocycles. The molecule has 0 saturated heterocycles. The van der Waals surface area contributed by atoms with Gasteiger partial charge in [-0.2, -0.15) is 0 Å². The second-order valence-electron chi connectivity index (χ2n) is 4.05. The molecule has 1 N–H and O–H groups in total. The van der Waals surface area contributed by atoms with E-state index < -0.39 is 0 Å². The number of rotatable bonds is 9. The molecule has 0 fully saturated rings. The van der Waals surface area contributed by atoms with Gasteiger partial charge in [-0.05, 0) is 32.4 Å². The van der Waals surface area contributed by atoms with Crippen molar-refractivity contribution in [3.63, 3.8) is 0 Å². The third kappa shape index (κ3) is 5.47. The van der Waals surface area contributed by atoms with E-state index in [1.807, 2.05) is 26.0 Å². The van der Waals surface area contributed by atoms with E-state index in [0.29, 0.717) is 6.61 Å². The monoisotopic (exact) mass is 252 g/mol. The van der Waals surface area contributed by atoms with Crippen LogP contribution >= 0.6 is 0 Å². The lowest BCUT2D eigenvalue weighted by Gasteiger charge is -2.11. The predicted molar refractivity (Wildman–Crippen MR) is 73.2 cm³/mol. The third-order valence-electron chi connectivity index (χ3n) is 2.57. The minimum Gasteiger partial charge on any atom is -0.490 e. The second kappa shape index (κ2) is 8.89. The average molecular weight is 252 g/mol. The Morgan fingerprint density at radius 2 is 1.94 bits per heavy atom. The second-order valence-corrected chi connectivity index (χ2v) is 4.05. The molecule has 1 rings (SSSR count). The van der Waals surface area contributed by atoms with Crippen molar-refractivity contribution in [3.05, 3.63) is 23.5 Å². The molecule has 0 amide bonds. The molecule has 1 heterocycles. The van der Waals surface area contributed by atoms with Crippen LogP contribution in [0.3, 0.4) is 0 Å². The molecule has 0 atom stereocenters. The Hall–Kier alpha value is -1.13. The number of aromatic nitrogens is 1. The number of aryl methyl sites for hydroxylation is 2. The van der Waals surface area contributed by atoms with E-state index in [2.05, 4.69) is 17.2 Å². The van der Waals surface area contributed by atoms with E-state index in [0.717, 1.165) is 49.9 Å². The molecule has 0 spiro atoms. The van der Waals surface area contributed by atoms with Crippen molar-refractivity contribution in [2.45, 2.75) is 27.2 Å². The van der Waals surface area contributed by atoms with Gasteiger partial charge in [0.25, 0.3) is 0 Å². The average Bonchev–Trinajstić information content (AvgIpc) is 2.39. The smallest absolute Gasteiger partial charge is 0.140 e. The highest BCUT2D eigenvalue weighted by Gasteiger charge is 2.03. The lowest BCUT2D eigenvalue weighted by Crippen LogP contribution is -2.25. The van der Waals surface area contributed by atoms with Crippen LogP contribution in [0.2, 0.25) is 0 Å². The quantitative estimate of drug-likeness (QED) is 0.682. The fourth-order valence-corrected chi connectivity index (χ4v) is 1.63. The van der Waals surface area contributed by atoms with E-state index >= 15 is 0 Å². The van der Waals surface area contributed by atoms with Gasteiger partial charge in [0.15, 0.2) is 0 Å². The van der Waals surface area contributed by atoms with Crippen LogP contribution in [-0.2, 0) is 11.2 Å². The van der Waals surface area contributed by atoms with Gasteiger partial charge in [-0.3, -0.25) is 4.98 Å². The van der Waals surface area contributed by atoms with Gasteiger partial charge in [-0.1, -0.05) is 6.92 Å². The Labute approximate surface area is 110 Å². The first-order chi connectivity index (χ1) is 8.77. The number of pyridine rings is 1. The first-order valence-corrected chi connectivity index (χ1v) is 6.65. The maximum Gasteiger partial charge on any atom is 0.140 e. The standard InChI is InChI=1S/C14H24N2O2/c1-4-13-14(7-6-12(3)16-13)18-11-9-15-8-10-17-5-2/h6-7,15H,4-5,8-11H2,1-3H3. The molecule has 1 aromatic heterocycles. The zero-order valence-corrected chi connectivity index (χ0v) is 11.7. The molecular formula is C14H24N2O2. The lowest BCUT2D eigenvalue weighted by molar-refractivity contribution is 0.148. The predicted octanol–water partition coefficient (Wildman–Crippen LogP) is 1.96. The molecular weight excluding hydrogens is 228 g/mol. The van der Waals surface area contributed by atoms with Crippen molar-refractivity contribution in [1.82, 2.24) is 10.3 Å². The molecule has 0 aliphatic heterocycles. The van der Waals surface area contributed by atoms with Crippen LogP contribution in [0.15, 0.2) is 12.1 Å². The van der Waals surface area contributed by atoms with Gasteiger partial charge in [-0.25, -0.2) is 0 Å². The highest BCUT2D eigenvalue weighted by atomic mass is 16.5. The summed E-state index contributed by atoms with van der Waals surface area (Å²) in [6, 6.07) is 3.98. The summed E-state index contributed by atoms with van der Waals surface area (Å²) in [7, 11) is 0. The van der Waals surface area contributed by atoms with E-state index in [1.165, 1.54) is 0 Å². The normalized spacial score (nSPS) is 10.6. The Morgan fingerprint density at radius 1 is 1.17 bits per heavy atom. The molecule has 4 heteroatoms. The molecule has 0 aliphatic rings. The largest absolute Gasteiger partial charge is 0.490 e. The van der Waals surface area contributed by atoms with Gasteiger partial charge in [0.2, 0.25) is 0 Å². The van der Waals surface area contributed by atoms with Crippen molar-refractivity contribution in [1.29, 1.82) is 0 Å². The van der Waals surface area contributed by atoms with Crippen molar-refractivity contribution < 1.29 is 9.47 Å². The maximum absolute atomic E-state index is 5.72. The van der Waals surface area contributed by atoms with Crippen molar-refractivity contribution >= 4 is 0 Å². The molecule has 4 nitrogen and oxygen atoms in total. The van der Waals surface area contributed by atoms with Crippen LogP contribution in [0.25, 0.3) is 0 Å². The number of nitrogens with one attached hydrogen (secondary N) is 1. The van der Waals surface area contributed by atoms with Crippen LogP contribution in [0.1, 0.15) is 25.2 Å². The fourth-order valence-electron chi connectivity index (χ4n) is 1.63. The Kier molecular flexibility index (Phi) is 7.37. The van der Waals surface area contributed by atoms with Crippen LogP contribution in [-0.4, -0.2) is 37.9 Å². The highest BCUT2D eigenvalue weighted by molar-refractivity contribution is 5.29. The molecule has 0 aromatic carbocycles. The summed E-state index contributed by atoms with van der Waals surface area (Å²) < 4.78 is 11.0. The van der Waals surface area contributed by atoms with Crippen LogP contribution in [0.5, 0.6) is 5.75 Å². The first-order valence-electron chi connectivity index (χ1n) is 6.65. The summed E-state index contributed by atoms with van der Waals surface area (Å²) in [4.78, 5) is 4.47. The molecule has 0 bridgehead atoms. The van der Waals surface area contributed by atoms with Gasteiger partial charge >= 0.3 is 0 Å². The minimum atomic E-state index is 0.657. The number of nitrogens with zero attached hydrogens (tertiary/aromatic N) is 1. The molecule has 0 saturated carbocycles. The zero-order valence-electron chi connectivity index (χ0n) is 11.7. The highest BCUT2D eigenvalue weighted by Crippen LogP contribution is 2.16. The van der Waals surface area contributed by atoms with Crippen molar-refractivity contribution in [2.75, 3.05) is 32.9 Å². The Morgan fingerprint density at radius 3 is 2.67 bits per heavy atom. The van der Waals surface area contributed by atoms with E-state index in [-0.39, 0.29) is 0 Å². The summed E-state index contributed by atoms with van der Waals surface area (Å²) in [6.07, 6.45) is 0.898. The summed E-state index contributed by atoms with van der Waals surface area (Å²) in [5, 5.41) is 3.27. The van der Waals surface area contributed by atoms with Gasteiger partial charge in [0, 0.05) is 25.4 Å². The van der Waals surface area contributed by atoms with Crippen LogP contribution in [0, 0.1) is 6.92 Å². The number of hydrogen-bond donors (Lipinski definition) is 1. The molecule has 102 valence electrons. The Bertz CT molecular complexity index is 343. The molecule has 0 radical (unpaired) electrons. The Balaban J connectivity index is 2.22. The summed E-state index contributed by atoms with van der Waals surface area (Å²) in [5.74, 6) is 0.898. The molecule has 18 heavy (non-hydrogen) atoms. The SMILES string of the molecule is CCOCCNCCOc1ccc(C)nc1CC. The van der Waals surface area contributed by atoms with Gasteiger partial charge < -0.3 is 14.8 Å².